The van der Waals surface area contributed by atoms with Gasteiger partial charge < -0.3 is 9.84 Å². The summed E-state index contributed by atoms with van der Waals surface area (Å²) in [6.07, 6.45) is -3.96. The van der Waals surface area contributed by atoms with E-state index in [1.165, 1.54) is 35.2 Å². The molecule has 0 aliphatic heterocycles. The smallest absolute Gasteiger partial charge is 0.416 e. The van der Waals surface area contributed by atoms with E-state index in [2.05, 4.69) is 4.98 Å². The summed E-state index contributed by atoms with van der Waals surface area (Å²) < 4.78 is 85.8. The fourth-order valence-electron chi connectivity index (χ4n) is 4.75. The number of carbonyl (C=O) groups is 1. The summed E-state index contributed by atoms with van der Waals surface area (Å²) in [6.45, 7) is 3.16. The van der Waals surface area contributed by atoms with Crippen LogP contribution in [0.15, 0.2) is 83.8 Å². The molecule has 4 aromatic carbocycles. The second kappa shape index (κ2) is 13.6. The zero-order valence-electron chi connectivity index (χ0n) is 24.3. The lowest BCUT2D eigenvalue weighted by molar-refractivity contribution is -0.139. The minimum absolute atomic E-state index is 0.189. The van der Waals surface area contributed by atoms with Gasteiger partial charge in [-0.1, -0.05) is 36.4 Å². The molecule has 1 aromatic heterocycles. The van der Waals surface area contributed by atoms with Gasteiger partial charge in [-0.2, -0.15) is 13.2 Å². The highest BCUT2D eigenvalue weighted by Gasteiger charge is 2.30. The Bertz CT molecular complexity index is 1850. The van der Waals surface area contributed by atoms with Gasteiger partial charge >= 0.3 is 12.1 Å². The number of carboxylic acids is 1. The van der Waals surface area contributed by atoms with Gasteiger partial charge in [-0.25, -0.2) is 22.9 Å². The third kappa shape index (κ3) is 7.73. The number of hydrogen-bond acceptors (Lipinski definition) is 5. The van der Waals surface area contributed by atoms with E-state index in [1.54, 1.807) is 25.1 Å². The van der Waals surface area contributed by atoms with Crippen LogP contribution in [0.2, 0.25) is 0 Å². The van der Waals surface area contributed by atoms with Gasteiger partial charge in [0, 0.05) is 20.6 Å². The van der Waals surface area contributed by atoms with Crippen LogP contribution < -0.4 is 4.74 Å². The second-order valence-electron chi connectivity index (χ2n) is 10.4. The summed E-state index contributed by atoms with van der Waals surface area (Å²) in [4.78, 5) is 17.4. The molecule has 0 saturated carbocycles. The molecule has 0 fully saturated rings. The molecule has 0 radical (unpaired) electrons. The average molecular weight is 674 g/mol. The van der Waals surface area contributed by atoms with Gasteiger partial charge in [0.05, 0.1) is 11.3 Å². The van der Waals surface area contributed by atoms with E-state index in [4.69, 9.17) is 9.84 Å². The molecule has 1 N–H and O–H groups in total. The van der Waals surface area contributed by atoms with Gasteiger partial charge in [-0.3, -0.25) is 0 Å². The lowest BCUT2D eigenvalue weighted by Crippen LogP contribution is -2.10. The molecule has 0 aliphatic carbocycles. The van der Waals surface area contributed by atoms with Crippen molar-refractivity contribution in [2.24, 2.45) is 0 Å². The fraction of sp³-hybridized carbons (Fsp3) is 0.176. The van der Waals surface area contributed by atoms with Crippen molar-refractivity contribution in [1.82, 2.24) is 4.98 Å². The van der Waals surface area contributed by atoms with Crippen molar-refractivity contribution in [1.29, 1.82) is 0 Å². The lowest BCUT2D eigenvalue weighted by Gasteiger charge is -2.18. The highest BCUT2D eigenvalue weighted by Crippen LogP contribution is 2.44. The summed E-state index contributed by atoms with van der Waals surface area (Å²) in [7, 11) is 0. The van der Waals surface area contributed by atoms with E-state index in [0.717, 1.165) is 45.2 Å². The van der Waals surface area contributed by atoms with Crippen molar-refractivity contribution in [3.63, 3.8) is 0 Å². The first-order chi connectivity index (χ1) is 21.8. The summed E-state index contributed by atoms with van der Waals surface area (Å²) in [5, 5.41) is 9.30. The molecule has 46 heavy (non-hydrogen) atoms. The summed E-state index contributed by atoms with van der Waals surface area (Å²) >= 11 is 2.90. The monoisotopic (exact) mass is 673 g/mol. The Morgan fingerprint density at radius 3 is 2.11 bits per heavy atom. The van der Waals surface area contributed by atoms with Crippen LogP contribution in [0.1, 0.15) is 32.5 Å². The Hall–Kier alpha value is -4.29. The molecule has 1 atom stereocenters. The van der Waals surface area contributed by atoms with E-state index >= 15 is 0 Å². The highest BCUT2D eigenvalue weighted by atomic mass is 32.2. The fourth-order valence-corrected chi connectivity index (χ4v) is 7.37. The number of thioether (sulfide) groups is 1. The first-order valence-corrected chi connectivity index (χ1v) is 15.5. The van der Waals surface area contributed by atoms with Crippen molar-refractivity contribution >= 4 is 29.1 Å². The molecule has 0 amide bonds. The molecule has 0 bridgehead atoms. The molecule has 5 rings (SSSR count). The lowest BCUT2D eigenvalue weighted by atomic mass is 10.0. The first kappa shape index (κ1) is 33.1. The molecule has 238 valence electrons. The topological polar surface area (TPSA) is 59.4 Å². The molecule has 0 spiro atoms. The summed E-state index contributed by atoms with van der Waals surface area (Å²) in [6, 6.07) is 19.1. The standard InChI is InChI=1S/C34H25F6NO3S2/c1-18-13-25(11-12-28(18)44-17-30(42)43)45-29(14-20-3-5-21(6-4-20)23-15-26(35)31(37)27(36)16-23)32-19(2)41-33(46-32)22-7-9-24(10-8-22)34(38,39)40/h3-13,15-16,29H,14,17H2,1-2H3,(H,42,43). The maximum Gasteiger partial charge on any atom is 0.416 e. The van der Waals surface area contributed by atoms with Crippen molar-refractivity contribution in [2.75, 3.05) is 6.61 Å². The third-order valence-corrected chi connectivity index (χ3v) is 9.73. The largest absolute Gasteiger partial charge is 0.482 e. The highest BCUT2D eigenvalue weighted by molar-refractivity contribution is 7.99. The number of halogens is 6. The molecule has 4 nitrogen and oxygen atoms in total. The Morgan fingerprint density at radius 2 is 1.52 bits per heavy atom. The van der Waals surface area contributed by atoms with Crippen molar-refractivity contribution < 1.29 is 41.0 Å². The van der Waals surface area contributed by atoms with Crippen LogP contribution >= 0.6 is 23.1 Å². The Kier molecular flexibility index (Phi) is 9.78. The van der Waals surface area contributed by atoms with Gasteiger partial charge in [-0.15, -0.1) is 23.1 Å². The number of rotatable bonds is 10. The molecule has 12 heteroatoms. The number of benzene rings is 4. The first-order valence-electron chi connectivity index (χ1n) is 13.8. The molecular formula is C34H25F6NO3S2. The number of carboxylic acid groups (broad SMARTS) is 1. The maximum atomic E-state index is 13.8. The van der Waals surface area contributed by atoms with Crippen molar-refractivity contribution in [3.05, 3.63) is 124 Å². The third-order valence-electron chi connectivity index (χ3n) is 7.05. The van der Waals surface area contributed by atoms with Crippen molar-refractivity contribution in [2.45, 2.75) is 36.6 Å². The zero-order chi connectivity index (χ0) is 33.2. The average Bonchev–Trinajstić information content (AvgIpc) is 3.40. The number of hydrogen-bond donors (Lipinski definition) is 1. The molecular weight excluding hydrogens is 648 g/mol. The molecule has 1 unspecified atom stereocenters. The van der Waals surface area contributed by atoms with Crippen LogP contribution in [-0.2, 0) is 17.4 Å². The Morgan fingerprint density at radius 1 is 0.891 bits per heavy atom. The van der Waals surface area contributed by atoms with Crippen LogP contribution in [0.5, 0.6) is 5.75 Å². The Labute approximate surface area is 268 Å². The Balaban J connectivity index is 1.46. The molecule has 0 aliphatic rings. The number of aryl methyl sites for hydroxylation is 2. The number of aliphatic carboxylic acids is 1. The number of ether oxygens (including phenoxy) is 1. The number of thiazole rings is 1. The van der Waals surface area contributed by atoms with E-state index in [1.807, 2.05) is 31.2 Å². The maximum absolute atomic E-state index is 13.8. The number of aromatic nitrogens is 1. The van der Waals surface area contributed by atoms with E-state index in [9.17, 15) is 31.1 Å². The number of nitrogens with zero attached hydrogens (tertiary/aromatic N) is 1. The summed E-state index contributed by atoms with van der Waals surface area (Å²) in [5.74, 6) is -4.76. The SMILES string of the molecule is Cc1cc(SC(Cc2ccc(-c3cc(F)c(F)c(F)c3)cc2)c2sc(-c3ccc(C(F)(F)F)cc3)nc2C)ccc1OCC(=O)O. The molecule has 5 aromatic rings. The number of alkyl halides is 3. The zero-order valence-corrected chi connectivity index (χ0v) is 25.9. The molecule has 0 saturated heterocycles. The second-order valence-corrected chi connectivity index (χ2v) is 12.7. The molecule has 1 heterocycles. The van der Waals surface area contributed by atoms with E-state index in [-0.39, 0.29) is 10.8 Å². The minimum atomic E-state index is -4.45. The van der Waals surface area contributed by atoms with Gasteiger partial charge in [-0.05, 0) is 85.0 Å². The summed E-state index contributed by atoms with van der Waals surface area (Å²) in [5.41, 5.74) is 2.81. The van der Waals surface area contributed by atoms with Crippen LogP contribution in [-0.4, -0.2) is 22.7 Å². The van der Waals surface area contributed by atoms with Crippen LogP contribution in [0.3, 0.4) is 0 Å². The van der Waals surface area contributed by atoms with Crippen LogP contribution in [0.4, 0.5) is 26.3 Å². The predicted molar refractivity (Wildman–Crippen MR) is 166 cm³/mol. The predicted octanol–water partition coefficient (Wildman–Crippen LogP) is 10.1. The van der Waals surface area contributed by atoms with Crippen LogP contribution in [0, 0.1) is 31.3 Å². The van der Waals surface area contributed by atoms with E-state index in [0.29, 0.717) is 34.0 Å². The normalized spacial score (nSPS) is 12.3. The quantitative estimate of drug-likeness (QED) is 0.0909. The van der Waals surface area contributed by atoms with Crippen LogP contribution in [0.25, 0.3) is 21.7 Å². The van der Waals surface area contributed by atoms with Gasteiger partial charge in [0.15, 0.2) is 24.1 Å². The van der Waals surface area contributed by atoms with Gasteiger partial charge in [0.1, 0.15) is 10.8 Å². The van der Waals surface area contributed by atoms with Crippen molar-refractivity contribution in [3.8, 4) is 27.4 Å². The van der Waals surface area contributed by atoms with Gasteiger partial charge in [0.2, 0.25) is 0 Å². The minimum Gasteiger partial charge on any atom is -0.482 e. The van der Waals surface area contributed by atoms with E-state index < -0.39 is 41.8 Å². The van der Waals surface area contributed by atoms with Gasteiger partial charge in [0.25, 0.3) is 0 Å².